The van der Waals surface area contributed by atoms with Gasteiger partial charge in [-0.25, -0.2) is 4.98 Å². The standard InChI is InChI=1S/C13H15N3O4/c1-4-20-12-10(16(17)18)7-9(8-11(12)19-3)13-14-5-6-15(13)2/h5-8H,4H2,1-3H3. The molecule has 0 aliphatic heterocycles. The van der Waals surface area contributed by atoms with Crippen LogP contribution in [0, 0.1) is 10.1 Å². The van der Waals surface area contributed by atoms with Crippen molar-refractivity contribution in [1.82, 2.24) is 9.55 Å². The quantitative estimate of drug-likeness (QED) is 0.619. The van der Waals surface area contributed by atoms with E-state index in [1.54, 1.807) is 30.0 Å². The zero-order valence-electron chi connectivity index (χ0n) is 11.5. The Bertz CT molecular complexity index is 637. The Morgan fingerprint density at radius 1 is 1.45 bits per heavy atom. The molecular weight excluding hydrogens is 262 g/mol. The highest BCUT2D eigenvalue weighted by Gasteiger charge is 2.23. The number of aryl methyl sites for hydroxylation is 1. The minimum absolute atomic E-state index is 0.135. The molecule has 2 rings (SSSR count). The average molecular weight is 277 g/mol. The molecule has 1 aromatic carbocycles. The molecule has 0 bridgehead atoms. The third-order valence-electron chi connectivity index (χ3n) is 2.82. The van der Waals surface area contributed by atoms with Crippen LogP contribution in [0.3, 0.4) is 0 Å². The molecule has 0 fully saturated rings. The first-order chi connectivity index (χ1) is 9.58. The summed E-state index contributed by atoms with van der Waals surface area (Å²) in [5.41, 5.74) is 0.466. The number of hydrogen-bond donors (Lipinski definition) is 0. The summed E-state index contributed by atoms with van der Waals surface area (Å²) in [6.45, 7) is 2.08. The minimum atomic E-state index is -0.486. The Hall–Kier alpha value is -2.57. The van der Waals surface area contributed by atoms with Gasteiger partial charge in [-0.1, -0.05) is 0 Å². The second-order valence-corrected chi connectivity index (χ2v) is 4.08. The Kier molecular flexibility index (Phi) is 3.88. The van der Waals surface area contributed by atoms with E-state index in [1.807, 2.05) is 7.05 Å². The van der Waals surface area contributed by atoms with Gasteiger partial charge >= 0.3 is 5.69 Å². The summed E-state index contributed by atoms with van der Waals surface area (Å²) >= 11 is 0. The lowest BCUT2D eigenvalue weighted by molar-refractivity contribution is -0.385. The van der Waals surface area contributed by atoms with Crippen molar-refractivity contribution in [2.75, 3.05) is 13.7 Å². The van der Waals surface area contributed by atoms with Crippen LogP contribution in [0.25, 0.3) is 11.4 Å². The molecule has 0 saturated carbocycles. The Balaban J connectivity index is 2.65. The second-order valence-electron chi connectivity index (χ2n) is 4.08. The van der Waals surface area contributed by atoms with E-state index >= 15 is 0 Å². The predicted molar refractivity (Wildman–Crippen MR) is 73.0 cm³/mol. The maximum absolute atomic E-state index is 11.2. The van der Waals surface area contributed by atoms with Gasteiger partial charge in [0.25, 0.3) is 0 Å². The average Bonchev–Trinajstić information content (AvgIpc) is 2.85. The summed E-state index contributed by atoms with van der Waals surface area (Å²) in [5.74, 6) is 1.08. The lowest BCUT2D eigenvalue weighted by Crippen LogP contribution is -2.02. The number of rotatable bonds is 5. The summed E-state index contributed by atoms with van der Waals surface area (Å²) in [5, 5.41) is 11.2. The maximum atomic E-state index is 11.2. The Morgan fingerprint density at radius 2 is 2.20 bits per heavy atom. The Morgan fingerprint density at radius 3 is 2.70 bits per heavy atom. The van der Waals surface area contributed by atoms with Gasteiger partial charge < -0.3 is 14.0 Å². The first kappa shape index (κ1) is 13.9. The van der Waals surface area contributed by atoms with Crippen LogP contribution in [0.2, 0.25) is 0 Å². The summed E-state index contributed by atoms with van der Waals surface area (Å²) in [7, 11) is 3.26. The number of aromatic nitrogens is 2. The van der Waals surface area contributed by atoms with Crippen LogP contribution in [0.4, 0.5) is 5.69 Å². The number of hydrogen-bond acceptors (Lipinski definition) is 5. The van der Waals surface area contributed by atoms with Crippen molar-refractivity contribution in [2.45, 2.75) is 6.92 Å². The highest BCUT2D eigenvalue weighted by atomic mass is 16.6. The fraction of sp³-hybridized carbons (Fsp3) is 0.308. The molecule has 1 aromatic heterocycles. The molecule has 0 unspecified atom stereocenters. The highest BCUT2D eigenvalue weighted by Crippen LogP contribution is 2.40. The number of nitro groups is 1. The zero-order valence-corrected chi connectivity index (χ0v) is 11.5. The van der Waals surface area contributed by atoms with Crippen molar-refractivity contribution in [3.05, 3.63) is 34.6 Å². The van der Waals surface area contributed by atoms with Gasteiger partial charge in [0.1, 0.15) is 5.82 Å². The van der Waals surface area contributed by atoms with Crippen LogP contribution >= 0.6 is 0 Å². The molecule has 0 atom stereocenters. The largest absolute Gasteiger partial charge is 0.493 e. The van der Waals surface area contributed by atoms with Crippen molar-refractivity contribution >= 4 is 5.69 Å². The highest BCUT2D eigenvalue weighted by molar-refractivity contribution is 5.69. The number of benzene rings is 1. The molecular formula is C13H15N3O4. The van der Waals surface area contributed by atoms with Gasteiger partial charge in [-0.15, -0.1) is 0 Å². The van der Waals surface area contributed by atoms with Crippen molar-refractivity contribution in [1.29, 1.82) is 0 Å². The lowest BCUT2D eigenvalue weighted by Gasteiger charge is -2.11. The van der Waals surface area contributed by atoms with Gasteiger partial charge in [-0.2, -0.15) is 0 Å². The number of imidazole rings is 1. The molecule has 0 aliphatic carbocycles. The van der Waals surface area contributed by atoms with Crippen molar-refractivity contribution in [2.24, 2.45) is 7.05 Å². The summed E-state index contributed by atoms with van der Waals surface area (Å²) < 4.78 is 12.3. The molecule has 7 heteroatoms. The first-order valence-corrected chi connectivity index (χ1v) is 6.05. The van der Waals surface area contributed by atoms with Gasteiger partial charge in [-0.05, 0) is 13.0 Å². The van der Waals surface area contributed by atoms with E-state index in [2.05, 4.69) is 4.98 Å². The van der Waals surface area contributed by atoms with E-state index in [1.165, 1.54) is 13.2 Å². The Labute approximate surface area is 115 Å². The van der Waals surface area contributed by atoms with Crippen molar-refractivity contribution in [3.8, 4) is 22.9 Å². The smallest absolute Gasteiger partial charge is 0.315 e. The van der Waals surface area contributed by atoms with Crippen LogP contribution in [0.5, 0.6) is 11.5 Å². The molecule has 1 heterocycles. The number of methoxy groups -OCH3 is 1. The van der Waals surface area contributed by atoms with E-state index in [0.717, 1.165) is 0 Å². The predicted octanol–water partition coefficient (Wildman–Crippen LogP) is 2.40. The van der Waals surface area contributed by atoms with E-state index in [0.29, 0.717) is 23.7 Å². The molecule has 7 nitrogen and oxygen atoms in total. The molecule has 0 aliphatic rings. The third kappa shape index (κ3) is 2.42. The fourth-order valence-corrected chi connectivity index (χ4v) is 1.94. The molecule has 0 N–H and O–H groups in total. The molecule has 0 spiro atoms. The number of ether oxygens (including phenoxy) is 2. The van der Waals surface area contributed by atoms with Crippen LogP contribution < -0.4 is 9.47 Å². The third-order valence-corrected chi connectivity index (χ3v) is 2.82. The van der Waals surface area contributed by atoms with Crippen molar-refractivity contribution in [3.63, 3.8) is 0 Å². The van der Waals surface area contributed by atoms with Gasteiger partial charge in [-0.3, -0.25) is 10.1 Å². The van der Waals surface area contributed by atoms with Crippen LogP contribution in [-0.2, 0) is 7.05 Å². The topological polar surface area (TPSA) is 79.4 Å². The lowest BCUT2D eigenvalue weighted by atomic mass is 10.1. The van der Waals surface area contributed by atoms with Gasteiger partial charge in [0, 0.05) is 31.1 Å². The van der Waals surface area contributed by atoms with Crippen molar-refractivity contribution < 1.29 is 14.4 Å². The maximum Gasteiger partial charge on any atom is 0.315 e. The van der Waals surface area contributed by atoms with Gasteiger partial charge in [0.05, 0.1) is 18.6 Å². The van der Waals surface area contributed by atoms with E-state index in [9.17, 15) is 10.1 Å². The molecule has 106 valence electrons. The zero-order chi connectivity index (χ0) is 14.7. The van der Waals surface area contributed by atoms with Crippen LogP contribution in [0.15, 0.2) is 24.5 Å². The minimum Gasteiger partial charge on any atom is -0.493 e. The van der Waals surface area contributed by atoms with Crippen LogP contribution in [-0.4, -0.2) is 28.2 Å². The van der Waals surface area contributed by atoms with E-state index < -0.39 is 4.92 Å². The first-order valence-electron chi connectivity index (χ1n) is 6.05. The number of nitro benzene ring substituents is 1. The SMILES string of the molecule is CCOc1c(OC)cc(-c2nccn2C)cc1[N+](=O)[O-]. The molecule has 20 heavy (non-hydrogen) atoms. The monoisotopic (exact) mass is 277 g/mol. The molecule has 0 amide bonds. The second kappa shape index (κ2) is 5.60. The van der Waals surface area contributed by atoms with Gasteiger partial charge in [0.2, 0.25) is 5.75 Å². The molecule has 0 saturated heterocycles. The molecule has 0 radical (unpaired) electrons. The normalized spacial score (nSPS) is 10.3. The van der Waals surface area contributed by atoms with Gasteiger partial charge in [0.15, 0.2) is 5.75 Å². The summed E-state index contributed by atoms with van der Waals surface area (Å²) in [4.78, 5) is 14.9. The van der Waals surface area contributed by atoms with E-state index in [-0.39, 0.29) is 11.4 Å². The fourth-order valence-electron chi connectivity index (χ4n) is 1.94. The summed E-state index contributed by atoms with van der Waals surface area (Å²) in [6, 6.07) is 3.12. The summed E-state index contributed by atoms with van der Waals surface area (Å²) in [6.07, 6.45) is 3.40. The number of nitrogens with zero attached hydrogens (tertiary/aromatic N) is 3. The van der Waals surface area contributed by atoms with E-state index in [4.69, 9.17) is 9.47 Å². The molecule has 2 aromatic rings. The van der Waals surface area contributed by atoms with Crippen LogP contribution in [0.1, 0.15) is 6.92 Å².